The quantitative estimate of drug-likeness (QED) is 0.798. The molecule has 1 fully saturated rings. The van der Waals surface area contributed by atoms with Crippen molar-refractivity contribution in [3.8, 4) is 11.5 Å². The maximum atomic E-state index is 13.3. The summed E-state index contributed by atoms with van der Waals surface area (Å²) in [5.41, 5.74) is 6.22. The van der Waals surface area contributed by atoms with Gasteiger partial charge < -0.3 is 15.6 Å². The Balaban J connectivity index is 2.28. The highest BCUT2D eigenvalue weighted by atomic mass is 19.1. The molecule has 3 nitrogen and oxygen atoms in total. The Morgan fingerprint density at radius 3 is 2.73 bits per heavy atom. The largest absolute Gasteiger partial charge is 0.508 e. The normalized spacial score (nSPS) is 17.5. The van der Waals surface area contributed by atoms with Crippen molar-refractivity contribution < 1.29 is 14.2 Å². The van der Waals surface area contributed by atoms with Crippen LogP contribution < -0.4 is 10.5 Å². The first-order valence-electron chi connectivity index (χ1n) is 4.88. The molecule has 1 aliphatic carbocycles. The summed E-state index contributed by atoms with van der Waals surface area (Å²) in [6, 6.07) is 2.58. The molecule has 1 saturated carbocycles. The van der Waals surface area contributed by atoms with Crippen LogP contribution >= 0.6 is 0 Å². The first kappa shape index (κ1) is 10.2. The van der Waals surface area contributed by atoms with Gasteiger partial charge in [0.05, 0.1) is 7.11 Å². The molecule has 0 bridgehead atoms. The summed E-state index contributed by atoms with van der Waals surface area (Å²) in [6.45, 7) is 0. The second-order valence-corrected chi connectivity index (χ2v) is 4.15. The van der Waals surface area contributed by atoms with Crippen molar-refractivity contribution in [2.24, 2.45) is 5.73 Å². The molecule has 0 spiro atoms. The van der Waals surface area contributed by atoms with Gasteiger partial charge in [0.25, 0.3) is 0 Å². The van der Waals surface area contributed by atoms with Gasteiger partial charge in [0.15, 0.2) is 11.6 Å². The van der Waals surface area contributed by atoms with Gasteiger partial charge in [0.1, 0.15) is 5.75 Å². The minimum atomic E-state index is -0.463. The fraction of sp³-hybridized carbons (Fsp3) is 0.455. The van der Waals surface area contributed by atoms with Crippen LogP contribution in [0.3, 0.4) is 0 Å². The average molecular weight is 211 g/mol. The number of aromatic hydroxyl groups is 1. The van der Waals surface area contributed by atoms with E-state index in [2.05, 4.69) is 0 Å². The molecule has 0 unspecified atom stereocenters. The van der Waals surface area contributed by atoms with Crippen LogP contribution in [0, 0.1) is 5.82 Å². The molecule has 0 radical (unpaired) electrons. The predicted molar refractivity (Wildman–Crippen MR) is 54.5 cm³/mol. The number of benzene rings is 1. The monoisotopic (exact) mass is 211 g/mol. The van der Waals surface area contributed by atoms with Crippen molar-refractivity contribution in [3.63, 3.8) is 0 Å². The Hall–Kier alpha value is -1.29. The van der Waals surface area contributed by atoms with Gasteiger partial charge in [-0.3, -0.25) is 0 Å². The Morgan fingerprint density at radius 1 is 1.53 bits per heavy atom. The number of halogens is 1. The fourth-order valence-corrected chi connectivity index (χ4v) is 1.60. The number of phenolic OH excluding ortho intramolecular Hbond substituents is 1. The Labute approximate surface area is 87.7 Å². The van der Waals surface area contributed by atoms with Crippen molar-refractivity contribution in [1.82, 2.24) is 0 Å². The lowest BCUT2D eigenvalue weighted by atomic mass is 10.0. The molecule has 0 aliphatic heterocycles. The molecular weight excluding hydrogens is 197 g/mol. The standard InChI is InChI=1S/C11H14FNO2/c1-15-10-5-9(14)7(4-8(10)12)6-11(13)2-3-11/h4-5,14H,2-3,6,13H2,1H3. The van der Waals surface area contributed by atoms with Gasteiger partial charge in [-0.05, 0) is 30.9 Å². The lowest BCUT2D eigenvalue weighted by Gasteiger charge is -2.11. The summed E-state index contributed by atoms with van der Waals surface area (Å²) in [4.78, 5) is 0. The molecule has 0 saturated heterocycles. The smallest absolute Gasteiger partial charge is 0.165 e. The number of hydrogen-bond acceptors (Lipinski definition) is 3. The van der Waals surface area contributed by atoms with Gasteiger partial charge >= 0.3 is 0 Å². The first-order chi connectivity index (χ1) is 7.04. The molecule has 2 rings (SSSR count). The third-order valence-electron chi connectivity index (χ3n) is 2.79. The van der Waals surface area contributed by atoms with Gasteiger partial charge in [-0.25, -0.2) is 4.39 Å². The van der Waals surface area contributed by atoms with E-state index in [4.69, 9.17) is 10.5 Å². The molecule has 0 amide bonds. The van der Waals surface area contributed by atoms with Crippen LogP contribution in [-0.4, -0.2) is 17.8 Å². The first-order valence-corrected chi connectivity index (χ1v) is 4.88. The zero-order valence-corrected chi connectivity index (χ0v) is 8.59. The number of ether oxygens (including phenoxy) is 1. The van der Waals surface area contributed by atoms with E-state index in [1.807, 2.05) is 0 Å². The van der Waals surface area contributed by atoms with Crippen molar-refractivity contribution in [2.75, 3.05) is 7.11 Å². The lowest BCUT2D eigenvalue weighted by Crippen LogP contribution is -2.24. The van der Waals surface area contributed by atoms with Crippen LogP contribution in [0.1, 0.15) is 18.4 Å². The molecule has 1 aromatic carbocycles. The third kappa shape index (κ3) is 2.04. The van der Waals surface area contributed by atoms with Gasteiger partial charge in [-0.15, -0.1) is 0 Å². The topological polar surface area (TPSA) is 55.5 Å². The number of hydrogen-bond donors (Lipinski definition) is 2. The summed E-state index contributed by atoms with van der Waals surface area (Å²) < 4.78 is 18.1. The number of phenols is 1. The fourth-order valence-electron chi connectivity index (χ4n) is 1.60. The molecule has 4 heteroatoms. The maximum absolute atomic E-state index is 13.3. The zero-order valence-electron chi connectivity index (χ0n) is 8.59. The minimum absolute atomic E-state index is 0.0463. The van der Waals surface area contributed by atoms with E-state index in [0.29, 0.717) is 12.0 Å². The Morgan fingerprint density at radius 2 is 2.20 bits per heavy atom. The van der Waals surface area contributed by atoms with Gasteiger partial charge in [-0.1, -0.05) is 0 Å². The van der Waals surface area contributed by atoms with E-state index >= 15 is 0 Å². The maximum Gasteiger partial charge on any atom is 0.165 e. The van der Waals surface area contributed by atoms with Crippen LogP contribution in [0.25, 0.3) is 0 Å². The van der Waals surface area contributed by atoms with E-state index in [0.717, 1.165) is 12.8 Å². The molecule has 0 atom stereocenters. The molecule has 82 valence electrons. The van der Waals surface area contributed by atoms with Gasteiger partial charge in [-0.2, -0.15) is 0 Å². The number of nitrogens with two attached hydrogens (primary N) is 1. The Bertz CT molecular complexity index is 388. The number of rotatable bonds is 3. The number of methoxy groups -OCH3 is 1. The van der Waals surface area contributed by atoms with Gasteiger partial charge in [0.2, 0.25) is 0 Å². The second kappa shape index (κ2) is 3.38. The summed E-state index contributed by atoms with van der Waals surface area (Å²) in [6.07, 6.45) is 2.37. The molecule has 3 N–H and O–H groups in total. The van der Waals surface area contributed by atoms with Gasteiger partial charge in [0, 0.05) is 11.6 Å². The molecule has 0 aromatic heterocycles. The van der Waals surface area contributed by atoms with Crippen LogP contribution in [0.5, 0.6) is 11.5 Å². The summed E-state index contributed by atoms with van der Waals surface area (Å²) in [7, 11) is 1.36. The third-order valence-corrected chi connectivity index (χ3v) is 2.79. The van der Waals surface area contributed by atoms with Crippen molar-refractivity contribution in [2.45, 2.75) is 24.8 Å². The summed E-state index contributed by atoms with van der Waals surface area (Å²) in [5, 5.41) is 9.64. The Kier molecular flexibility index (Phi) is 2.31. The van der Waals surface area contributed by atoms with E-state index in [1.165, 1.54) is 19.2 Å². The van der Waals surface area contributed by atoms with E-state index < -0.39 is 5.82 Å². The molecule has 1 aliphatic rings. The van der Waals surface area contributed by atoms with E-state index in [1.54, 1.807) is 0 Å². The second-order valence-electron chi connectivity index (χ2n) is 4.15. The molecule has 0 heterocycles. The highest BCUT2D eigenvalue weighted by Gasteiger charge is 2.38. The van der Waals surface area contributed by atoms with Crippen molar-refractivity contribution >= 4 is 0 Å². The summed E-state index contributed by atoms with van der Waals surface area (Å²) in [5.74, 6) is -0.363. The van der Waals surface area contributed by atoms with Crippen LogP contribution in [0.15, 0.2) is 12.1 Å². The van der Waals surface area contributed by atoms with Crippen LogP contribution in [0.4, 0.5) is 4.39 Å². The minimum Gasteiger partial charge on any atom is -0.508 e. The van der Waals surface area contributed by atoms with E-state index in [-0.39, 0.29) is 17.0 Å². The zero-order chi connectivity index (χ0) is 11.1. The van der Waals surface area contributed by atoms with Crippen molar-refractivity contribution in [3.05, 3.63) is 23.5 Å². The summed E-state index contributed by atoms with van der Waals surface area (Å²) >= 11 is 0. The lowest BCUT2D eigenvalue weighted by molar-refractivity contribution is 0.378. The average Bonchev–Trinajstić information content (AvgIpc) is 2.89. The van der Waals surface area contributed by atoms with Crippen LogP contribution in [0.2, 0.25) is 0 Å². The van der Waals surface area contributed by atoms with Crippen LogP contribution in [-0.2, 0) is 6.42 Å². The molecule has 15 heavy (non-hydrogen) atoms. The highest BCUT2D eigenvalue weighted by Crippen LogP contribution is 2.38. The molecular formula is C11H14FNO2. The predicted octanol–water partition coefficient (Wildman–Crippen LogP) is 1.57. The van der Waals surface area contributed by atoms with Crippen molar-refractivity contribution in [1.29, 1.82) is 0 Å². The highest BCUT2D eigenvalue weighted by molar-refractivity contribution is 5.42. The molecule has 1 aromatic rings. The van der Waals surface area contributed by atoms with E-state index in [9.17, 15) is 9.50 Å². The SMILES string of the molecule is COc1cc(O)c(CC2(N)CC2)cc1F.